The third-order valence-electron chi connectivity index (χ3n) is 3.52. The van der Waals surface area contributed by atoms with Crippen LogP contribution in [0.4, 0.5) is 11.5 Å². The minimum absolute atomic E-state index is 0.594. The van der Waals surface area contributed by atoms with Crippen molar-refractivity contribution in [1.29, 1.82) is 0 Å². The van der Waals surface area contributed by atoms with Crippen molar-refractivity contribution in [3.8, 4) is 0 Å². The maximum Gasteiger partial charge on any atom is 0.127 e. The second kappa shape index (κ2) is 5.39. The monoisotopic (exact) mass is 233 g/mol. The van der Waals surface area contributed by atoms with Crippen LogP contribution in [-0.4, -0.2) is 18.1 Å². The molecule has 0 atom stereocenters. The maximum absolute atomic E-state index is 4.27. The molecule has 1 aromatic rings. The van der Waals surface area contributed by atoms with E-state index in [9.17, 15) is 0 Å². The van der Waals surface area contributed by atoms with Crippen molar-refractivity contribution in [2.75, 3.05) is 23.7 Å². The summed E-state index contributed by atoms with van der Waals surface area (Å²) in [6, 6.07) is 4.13. The molecular weight excluding hydrogens is 210 g/mol. The molecule has 0 spiro atoms. The molecule has 94 valence electrons. The number of rotatable bonds is 7. The Balaban J connectivity index is 1.88. The number of nitrogens with zero attached hydrogens (tertiary/aromatic N) is 1. The summed E-state index contributed by atoms with van der Waals surface area (Å²) in [5.41, 5.74) is 1.77. The highest BCUT2D eigenvalue weighted by Crippen LogP contribution is 2.49. The molecule has 0 aliphatic heterocycles. The molecule has 17 heavy (non-hydrogen) atoms. The first-order chi connectivity index (χ1) is 8.28. The Morgan fingerprint density at radius 2 is 2.12 bits per heavy atom. The van der Waals surface area contributed by atoms with Crippen LogP contribution in [0.15, 0.2) is 18.3 Å². The van der Waals surface area contributed by atoms with Gasteiger partial charge in [-0.25, -0.2) is 4.98 Å². The molecule has 3 nitrogen and oxygen atoms in total. The Kier molecular flexibility index (Phi) is 3.87. The SMILES string of the molecule is CCCC1(CNc2ccnc(NCC)c2)CC1. The second-order valence-electron chi connectivity index (χ2n) is 5.06. The first-order valence-electron chi connectivity index (χ1n) is 6.72. The lowest BCUT2D eigenvalue weighted by atomic mass is 10.0. The third-order valence-corrected chi connectivity index (χ3v) is 3.52. The highest BCUT2D eigenvalue weighted by molar-refractivity contribution is 5.52. The average Bonchev–Trinajstić information content (AvgIpc) is 3.09. The number of aromatic nitrogens is 1. The van der Waals surface area contributed by atoms with Crippen LogP contribution in [0.5, 0.6) is 0 Å². The van der Waals surface area contributed by atoms with Gasteiger partial charge in [0.1, 0.15) is 5.82 Å². The van der Waals surface area contributed by atoms with Gasteiger partial charge in [-0.3, -0.25) is 0 Å². The van der Waals surface area contributed by atoms with Crippen LogP contribution in [-0.2, 0) is 0 Å². The van der Waals surface area contributed by atoms with Crippen molar-refractivity contribution in [3.05, 3.63) is 18.3 Å². The Labute approximate surface area is 104 Å². The molecule has 1 saturated carbocycles. The van der Waals surface area contributed by atoms with Gasteiger partial charge in [0.15, 0.2) is 0 Å². The van der Waals surface area contributed by atoms with Crippen LogP contribution in [0, 0.1) is 5.41 Å². The fourth-order valence-corrected chi connectivity index (χ4v) is 2.33. The molecule has 2 rings (SSSR count). The predicted molar refractivity (Wildman–Crippen MR) is 73.5 cm³/mol. The fourth-order valence-electron chi connectivity index (χ4n) is 2.33. The molecule has 0 aromatic carbocycles. The lowest BCUT2D eigenvalue weighted by molar-refractivity contribution is 0.486. The summed E-state index contributed by atoms with van der Waals surface area (Å²) < 4.78 is 0. The van der Waals surface area contributed by atoms with Gasteiger partial charge in [0.05, 0.1) is 0 Å². The van der Waals surface area contributed by atoms with Crippen molar-refractivity contribution >= 4 is 11.5 Å². The topological polar surface area (TPSA) is 37.0 Å². The van der Waals surface area contributed by atoms with E-state index in [1.807, 2.05) is 12.3 Å². The van der Waals surface area contributed by atoms with Crippen LogP contribution >= 0.6 is 0 Å². The van der Waals surface area contributed by atoms with Crippen LogP contribution in [0.3, 0.4) is 0 Å². The predicted octanol–water partition coefficient (Wildman–Crippen LogP) is 3.51. The fraction of sp³-hybridized carbons (Fsp3) is 0.643. The van der Waals surface area contributed by atoms with E-state index in [1.165, 1.54) is 31.4 Å². The molecular formula is C14H23N3. The molecule has 0 amide bonds. The molecule has 1 fully saturated rings. The first kappa shape index (κ1) is 12.2. The van der Waals surface area contributed by atoms with Gasteiger partial charge in [-0.2, -0.15) is 0 Å². The standard InChI is InChI=1S/C14H23N3/c1-3-6-14(7-8-14)11-17-12-5-9-16-13(10-12)15-4-2/h5,9-10H,3-4,6-8,11H2,1-2H3,(H2,15,16,17). The van der Waals surface area contributed by atoms with Crippen LogP contribution in [0.2, 0.25) is 0 Å². The molecule has 1 heterocycles. The molecule has 1 aromatic heterocycles. The van der Waals surface area contributed by atoms with E-state index in [4.69, 9.17) is 0 Å². The van der Waals surface area contributed by atoms with Gasteiger partial charge in [-0.05, 0) is 37.7 Å². The Morgan fingerprint density at radius 3 is 2.76 bits per heavy atom. The number of nitrogens with one attached hydrogen (secondary N) is 2. The van der Waals surface area contributed by atoms with Gasteiger partial charge in [-0.1, -0.05) is 13.3 Å². The lowest BCUT2D eigenvalue weighted by Gasteiger charge is -2.16. The minimum atomic E-state index is 0.594. The number of hydrogen-bond acceptors (Lipinski definition) is 3. The van der Waals surface area contributed by atoms with E-state index in [0.717, 1.165) is 18.9 Å². The first-order valence-corrected chi connectivity index (χ1v) is 6.72. The van der Waals surface area contributed by atoms with E-state index in [1.54, 1.807) is 0 Å². The van der Waals surface area contributed by atoms with Crippen LogP contribution in [0.25, 0.3) is 0 Å². The minimum Gasteiger partial charge on any atom is -0.384 e. The number of anilines is 2. The van der Waals surface area contributed by atoms with Crippen LogP contribution < -0.4 is 10.6 Å². The molecule has 0 unspecified atom stereocenters. The smallest absolute Gasteiger partial charge is 0.127 e. The van der Waals surface area contributed by atoms with Crippen molar-refractivity contribution in [3.63, 3.8) is 0 Å². The number of hydrogen-bond donors (Lipinski definition) is 2. The summed E-state index contributed by atoms with van der Waals surface area (Å²) in [4.78, 5) is 4.27. The summed E-state index contributed by atoms with van der Waals surface area (Å²) in [7, 11) is 0. The van der Waals surface area contributed by atoms with Crippen molar-refractivity contribution in [2.45, 2.75) is 39.5 Å². The quantitative estimate of drug-likeness (QED) is 0.756. The van der Waals surface area contributed by atoms with Crippen molar-refractivity contribution < 1.29 is 0 Å². The zero-order valence-corrected chi connectivity index (χ0v) is 10.9. The largest absolute Gasteiger partial charge is 0.384 e. The summed E-state index contributed by atoms with van der Waals surface area (Å²) in [6.45, 7) is 6.38. The lowest BCUT2D eigenvalue weighted by Crippen LogP contribution is -2.15. The third kappa shape index (κ3) is 3.35. The average molecular weight is 233 g/mol. The van der Waals surface area contributed by atoms with E-state index in [0.29, 0.717) is 5.41 Å². The maximum atomic E-state index is 4.27. The van der Waals surface area contributed by atoms with Crippen LogP contribution in [0.1, 0.15) is 39.5 Å². The molecule has 1 aliphatic carbocycles. The van der Waals surface area contributed by atoms with Gasteiger partial charge < -0.3 is 10.6 Å². The molecule has 0 saturated heterocycles. The summed E-state index contributed by atoms with van der Waals surface area (Å²) in [5.74, 6) is 0.956. The van der Waals surface area contributed by atoms with E-state index in [-0.39, 0.29) is 0 Å². The Hall–Kier alpha value is -1.25. The van der Waals surface area contributed by atoms with E-state index in [2.05, 4.69) is 35.5 Å². The molecule has 0 radical (unpaired) electrons. The van der Waals surface area contributed by atoms with Crippen molar-refractivity contribution in [2.24, 2.45) is 5.41 Å². The van der Waals surface area contributed by atoms with Gasteiger partial charge in [0, 0.05) is 31.0 Å². The molecule has 2 N–H and O–H groups in total. The summed E-state index contributed by atoms with van der Waals surface area (Å²) in [5, 5.41) is 6.79. The highest BCUT2D eigenvalue weighted by atomic mass is 15.0. The molecule has 1 aliphatic rings. The van der Waals surface area contributed by atoms with E-state index >= 15 is 0 Å². The van der Waals surface area contributed by atoms with E-state index < -0.39 is 0 Å². The van der Waals surface area contributed by atoms with Crippen molar-refractivity contribution in [1.82, 2.24) is 4.98 Å². The zero-order chi connectivity index (χ0) is 12.1. The molecule has 0 bridgehead atoms. The highest BCUT2D eigenvalue weighted by Gasteiger charge is 2.40. The summed E-state index contributed by atoms with van der Waals surface area (Å²) in [6.07, 6.45) is 7.28. The zero-order valence-electron chi connectivity index (χ0n) is 10.9. The van der Waals surface area contributed by atoms with Gasteiger partial charge in [0.25, 0.3) is 0 Å². The number of pyridine rings is 1. The second-order valence-corrected chi connectivity index (χ2v) is 5.06. The van der Waals surface area contributed by atoms with Gasteiger partial charge in [0.2, 0.25) is 0 Å². The molecule has 3 heteroatoms. The van der Waals surface area contributed by atoms with Gasteiger partial charge >= 0.3 is 0 Å². The summed E-state index contributed by atoms with van der Waals surface area (Å²) >= 11 is 0. The normalized spacial score (nSPS) is 16.6. The van der Waals surface area contributed by atoms with Gasteiger partial charge in [-0.15, -0.1) is 0 Å². The Bertz CT molecular complexity index is 358. The Morgan fingerprint density at radius 1 is 1.29 bits per heavy atom.